The fraction of sp³-hybridized carbons (Fsp3) is 0.410. The van der Waals surface area contributed by atoms with Gasteiger partial charge >= 0.3 is 30.0 Å². The van der Waals surface area contributed by atoms with E-state index in [-0.39, 0.29) is 26.3 Å². The van der Waals surface area contributed by atoms with Crippen LogP contribution in [0.25, 0.3) is 21.8 Å². The molecule has 17 heteroatoms. The lowest BCUT2D eigenvalue weighted by molar-refractivity contribution is -0.296. The molecular weight excluding hydrogens is 736 g/mol. The lowest BCUT2D eigenvalue weighted by Crippen LogP contribution is -2.63. The fourth-order valence-electron chi connectivity index (χ4n) is 6.20. The number of rotatable bonds is 16. The third kappa shape index (κ3) is 10.6. The molecular formula is C39H44N2O15. The number of H-pyrrole nitrogens is 1. The first-order valence-electron chi connectivity index (χ1n) is 17.7. The Balaban J connectivity index is 1.39. The highest BCUT2D eigenvalue weighted by Gasteiger charge is 2.54. The van der Waals surface area contributed by atoms with Gasteiger partial charge in [0, 0.05) is 44.0 Å². The number of aromatic amines is 1. The molecule has 1 amide bonds. The van der Waals surface area contributed by atoms with E-state index in [0.717, 1.165) is 54.4 Å². The van der Waals surface area contributed by atoms with E-state index in [4.69, 9.17) is 42.6 Å². The number of nitrogens with one attached hydrogen (secondary N) is 1. The van der Waals surface area contributed by atoms with Crippen molar-refractivity contribution in [3.63, 3.8) is 0 Å². The lowest BCUT2D eigenvalue weighted by Gasteiger charge is -2.43. The minimum Gasteiger partial charge on any atom is -0.493 e. The number of aromatic nitrogens is 1. The SMILES string of the molecule is COc1ccccc1OCCN(CC(O)COc1cccc2[nH]c3ccccc3c12)C(=O)O[C@@H]1O[C@H](COC(C)=O)[C@H](OC(C)=O)[C@H](OC(C)=O)[C@H]1OC(C)=O. The van der Waals surface area contributed by atoms with Crippen molar-refractivity contribution in [3.05, 3.63) is 66.7 Å². The number of hydrogen-bond donors (Lipinski definition) is 2. The standard InChI is InChI=1S/C39H44N2O15/c1-22(42)50-21-33-35(52-23(2)43)36(53-24(3)44)37(54-25(4)45)38(55-33)56-39(47)41(17-18-49-31-15-9-8-14-30(31)48-5)19-26(46)20-51-32-16-10-13-29-34(32)27-11-6-7-12-28(27)40-29/h6-16,26,33,35-38,40,46H,17-21H2,1-5H3/t26?,33-,35+,36+,37-,38+/m1/s1. The molecule has 2 heterocycles. The van der Waals surface area contributed by atoms with Crippen LogP contribution in [0.15, 0.2) is 66.7 Å². The summed E-state index contributed by atoms with van der Waals surface area (Å²) in [4.78, 5) is 66.9. The monoisotopic (exact) mass is 780 g/mol. The Labute approximate surface area is 321 Å². The lowest BCUT2D eigenvalue weighted by atomic mass is 9.98. The van der Waals surface area contributed by atoms with Crippen molar-refractivity contribution in [2.45, 2.75) is 64.5 Å². The van der Waals surface area contributed by atoms with Crippen molar-refractivity contribution in [2.75, 3.05) is 40.0 Å². The normalized spacial score (nSPS) is 19.6. The van der Waals surface area contributed by atoms with Crippen LogP contribution in [0.5, 0.6) is 17.2 Å². The number of aliphatic hydroxyl groups excluding tert-OH is 1. The van der Waals surface area contributed by atoms with Crippen LogP contribution in [0.2, 0.25) is 0 Å². The Hall–Kier alpha value is -6.07. The maximum absolute atomic E-state index is 14.0. The largest absolute Gasteiger partial charge is 0.493 e. The van der Waals surface area contributed by atoms with Crippen LogP contribution in [0.1, 0.15) is 27.7 Å². The van der Waals surface area contributed by atoms with Crippen molar-refractivity contribution in [2.24, 2.45) is 0 Å². The van der Waals surface area contributed by atoms with Crippen LogP contribution in [0, 0.1) is 0 Å². The van der Waals surface area contributed by atoms with Gasteiger partial charge in [0.2, 0.25) is 12.4 Å². The number of benzene rings is 3. The maximum atomic E-state index is 14.0. The number of esters is 4. The first-order chi connectivity index (χ1) is 26.8. The Morgan fingerprint density at radius 3 is 2.05 bits per heavy atom. The summed E-state index contributed by atoms with van der Waals surface area (Å²) in [6, 6.07) is 20.1. The molecule has 1 unspecified atom stereocenters. The number of carbonyl (C=O) groups is 5. The quantitative estimate of drug-likeness (QED) is 0.123. The van der Waals surface area contributed by atoms with Gasteiger partial charge in [0.05, 0.1) is 25.7 Å². The van der Waals surface area contributed by atoms with Gasteiger partial charge in [-0.15, -0.1) is 0 Å². The third-order valence-corrected chi connectivity index (χ3v) is 8.47. The summed E-state index contributed by atoms with van der Waals surface area (Å²) in [7, 11) is 1.48. The Bertz CT molecular complexity index is 2010. The second kappa shape index (κ2) is 19.0. The Kier molecular flexibility index (Phi) is 13.9. The minimum absolute atomic E-state index is 0.101. The van der Waals surface area contributed by atoms with Crippen LogP contribution in [0.3, 0.4) is 0 Å². The second-order valence-electron chi connectivity index (χ2n) is 12.7. The van der Waals surface area contributed by atoms with Gasteiger partial charge in [0.25, 0.3) is 0 Å². The highest BCUT2D eigenvalue weighted by Crippen LogP contribution is 2.34. The van der Waals surface area contributed by atoms with Gasteiger partial charge in [-0.1, -0.05) is 36.4 Å². The number of aliphatic hydroxyl groups is 1. The van der Waals surface area contributed by atoms with Gasteiger partial charge in [0.15, 0.2) is 23.7 Å². The minimum atomic E-state index is -1.80. The highest BCUT2D eigenvalue weighted by molar-refractivity contribution is 6.10. The van der Waals surface area contributed by atoms with E-state index in [1.807, 2.05) is 36.4 Å². The summed E-state index contributed by atoms with van der Waals surface area (Å²) in [6.07, 6.45) is -10.2. The van der Waals surface area contributed by atoms with Gasteiger partial charge in [-0.2, -0.15) is 0 Å². The third-order valence-electron chi connectivity index (χ3n) is 8.47. The molecule has 0 spiro atoms. The topological polar surface area (TPSA) is 208 Å². The summed E-state index contributed by atoms with van der Waals surface area (Å²) in [5.41, 5.74) is 1.74. The molecule has 1 aliphatic heterocycles. The molecule has 1 aliphatic rings. The van der Waals surface area contributed by atoms with Gasteiger partial charge in [-0.25, -0.2) is 4.79 Å². The van der Waals surface area contributed by atoms with E-state index in [2.05, 4.69) is 4.98 Å². The first kappa shape index (κ1) is 41.1. The molecule has 4 aromatic rings. The van der Waals surface area contributed by atoms with Crippen molar-refractivity contribution in [1.29, 1.82) is 0 Å². The highest BCUT2D eigenvalue weighted by atomic mass is 16.8. The average Bonchev–Trinajstić information content (AvgIpc) is 3.54. The molecule has 0 saturated carbocycles. The van der Waals surface area contributed by atoms with E-state index < -0.39 is 73.4 Å². The number of amides is 1. The number of ether oxygens (including phenoxy) is 9. The zero-order valence-corrected chi connectivity index (χ0v) is 31.5. The molecule has 2 N–H and O–H groups in total. The molecule has 1 fully saturated rings. The van der Waals surface area contributed by atoms with E-state index in [0.29, 0.717) is 17.2 Å². The van der Waals surface area contributed by atoms with Gasteiger partial charge in [-0.05, 0) is 30.3 Å². The second-order valence-corrected chi connectivity index (χ2v) is 12.7. The number of para-hydroxylation sites is 3. The molecule has 6 atom stereocenters. The van der Waals surface area contributed by atoms with Crippen molar-refractivity contribution in [1.82, 2.24) is 9.88 Å². The van der Waals surface area contributed by atoms with Crippen LogP contribution in [-0.4, -0.2) is 122 Å². The first-order valence-corrected chi connectivity index (χ1v) is 17.7. The molecule has 0 bridgehead atoms. The Morgan fingerprint density at radius 1 is 0.732 bits per heavy atom. The molecule has 3 aromatic carbocycles. The summed E-state index contributed by atoms with van der Waals surface area (Å²) in [5.74, 6) is -1.93. The van der Waals surface area contributed by atoms with Crippen LogP contribution in [0.4, 0.5) is 4.79 Å². The van der Waals surface area contributed by atoms with Crippen molar-refractivity contribution < 1.29 is 71.7 Å². The molecule has 0 radical (unpaired) electrons. The molecule has 300 valence electrons. The van der Waals surface area contributed by atoms with Crippen molar-refractivity contribution in [3.8, 4) is 17.2 Å². The number of nitrogens with zero attached hydrogens (tertiary/aromatic N) is 1. The molecule has 5 rings (SSSR count). The van der Waals surface area contributed by atoms with Gasteiger partial charge in [-0.3, -0.25) is 19.2 Å². The number of hydrogen-bond acceptors (Lipinski definition) is 15. The summed E-state index contributed by atoms with van der Waals surface area (Å²) >= 11 is 0. The summed E-state index contributed by atoms with van der Waals surface area (Å²) in [6.45, 7) is 2.98. The average molecular weight is 781 g/mol. The van der Waals surface area contributed by atoms with Gasteiger partial charge in [0.1, 0.15) is 37.8 Å². The predicted octanol–water partition coefficient (Wildman–Crippen LogP) is 3.67. The predicted molar refractivity (Wildman–Crippen MR) is 196 cm³/mol. The molecule has 1 aromatic heterocycles. The van der Waals surface area contributed by atoms with Crippen molar-refractivity contribution >= 4 is 51.8 Å². The molecule has 0 aliphatic carbocycles. The molecule has 56 heavy (non-hydrogen) atoms. The molecule has 1 saturated heterocycles. The zero-order chi connectivity index (χ0) is 40.4. The number of carbonyl (C=O) groups excluding carboxylic acids is 5. The van der Waals surface area contributed by atoms with Crippen LogP contribution < -0.4 is 14.2 Å². The fourth-order valence-corrected chi connectivity index (χ4v) is 6.20. The van der Waals surface area contributed by atoms with E-state index >= 15 is 0 Å². The van der Waals surface area contributed by atoms with E-state index in [1.54, 1.807) is 30.3 Å². The van der Waals surface area contributed by atoms with E-state index in [9.17, 15) is 29.1 Å². The van der Waals surface area contributed by atoms with Crippen LogP contribution >= 0.6 is 0 Å². The maximum Gasteiger partial charge on any atom is 0.412 e. The summed E-state index contributed by atoms with van der Waals surface area (Å²) < 4.78 is 50.4. The van der Waals surface area contributed by atoms with E-state index in [1.165, 1.54) is 7.11 Å². The Morgan fingerprint density at radius 2 is 1.36 bits per heavy atom. The smallest absolute Gasteiger partial charge is 0.412 e. The zero-order valence-electron chi connectivity index (χ0n) is 31.5. The molecule has 17 nitrogen and oxygen atoms in total. The number of methoxy groups -OCH3 is 1. The number of fused-ring (bicyclic) bond motifs is 3. The van der Waals surface area contributed by atoms with Gasteiger partial charge < -0.3 is 57.6 Å². The van der Waals surface area contributed by atoms with Crippen LogP contribution in [-0.2, 0) is 47.6 Å². The summed E-state index contributed by atoms with van der Waals surface area (Å²) in [5, 5.41) is 13.0.